The van der Waals surface area contributed by atoms with Crippen LogP contribution in [0.3, 0.4) is 0 Å². The van der Waals surface area contributed by atoms with Gasteiger partial charge in [-0.15, -0.1) is 0 Å². The third-order valence-corrected chi connectivity index (χ3v) is 5.43. The largest absolute Gasteiger partial charge is 0.479 e. The summed E-state index contributed by atoms with van der Waals surface area (Å²) in [4.78, 5) is 48.3. The lowest BCUT2D eigenvalue weighted by atomic mass is 9.82. The van der Waals surface area contributed by atoms with E-state index >= 15 is 0 Å². The van der Waals surface area contributed by atoms with Gasteiger partial charge in [0.2, 0.25) is 5.78 Å². The summed E-state index contributed by atoms with van der Waals surface area (Å²) in [6.45, 7) is 9.90. The van der Waals surface area contributed by atoms with Gasteiger partial charge in [-0.3, -0.25) is 9.59 Å². The van der Waals surface area contributed by atoms with Gasteiger partial charge in [0.25, 0.3) is 0 Å². The lowest BCUT2D eigenvalue weighted by molar-refractivity contribution is -0.153. The molecule has 1 fully saturated rings. The van der Waals surface area contributed by atoms with Gasteiger partial charge in [-0.1, -0.05) is 6.58 Å². The molecular weight excluding hydrogens is 392 g/mol. The second-order valence-electron chi connectivity index (χ2n) is 7.81. The SMILES string of the molecule is C=C1C(=O)O[C@H]2/C=C(\C)C3=CC(=O)[C@@](C)(C[C@@H](OC(=O)/C(C)=C/COC(C)=O)[C@@H]12)O3. The summed E-state index contributed by atoms with van der Waals surface area (Å²) >= 11 is 0. The van der Waals surface area contributed by atoms with Gasteiger partial charge in [0, 0.05) is 30.6 Å². The Morgan fingerprint density at radius 3 is 2.70 bits per heavy atom. The molecule has 0 aromatic rings. The van der Waals surface area contributed by atoms with Gasteiger partial charge in [0.15, 0.2) is 5.60 Å². The van der Waals surface area contributed by atoms with E-state index in [-0.39, 0.29) is 30.0 Å². The number of ether oxygens (including phenoxy) is 4. The predicted molar refractivity (Wildman–Crippen MR) is 104 cm³/mol. The van der Waals surface area contributed by atoms with Crippen LogP contribution in [0.1, 0.15) is 34.1 Å². The molecule has 0 saturated carbocycles. The summed E-state index contributed by atoms with van der Waals surface area (Å²) in [6, 6.07) is 0. The normalized spacial score (nSPS) is 32.5. The Bertz CT molecular complexity index is 921. The third kappa shape index (κ3) is 4.08. The van der Waals surface area contributed by atoms with Crippen LogP contribution in [-0.4, -0.2) is 48.1 Å². The maximum atomic E-state index is 12.7. The second kappa shape index (κ2) is 7.93. The molecule has 3 rings (SSSR count). The van der Waals surface area contributed by atoms with E-state index < -0.39 is 41.6 Å². The van der Waals surface area contributed by atoms with Crippen LogP contribution in [0.5, 0.6) is 0 Å². The predicted octanol–water partition coefficient (Wildman–Crippen LogP) is 2.10. The van der Waals surface area contributed by atoms with Gasteiger partial charge in [-0.2, -0.15) is 0 Å². The topological polar surface area (TPSA) is 105 Å². The maximum Gasteiger partial charge on any atom is 0.334 e. The van der Waals surface area contributed by atoms with Crippen LogP contribution in [0.25, 0.3) is 0 Å². The highest BCUT2D eigenvalue weighted by atomic mass is 16.6. The number of carbonyl (C=O) groups excluding carboxylic acids is 4. The summed E-state index contributed by atoms with van der Waals surface area (Å²) in [5.41, 5.74) is -0.205. The van der Waals surface area contributed by atoms with Crippen LogP contribution in [0.15, 0.2) is 47.3 Å². The van der Waals surface area contributed by atoms with Crippen LogP contribution in [-0.2, 0) is 38.1 Å². The third-order valence-electron chi connectivity index (χ3n) is 5.43. The van der Waals surface area contributed by atoms with Crippen LogP contribution in [0.2, 0.25) is 0 Å². The molecule has 3 aliphatic rings. The molecule has 160 valence electrons. The average molecular weight is 416 g/mol. The van der Waals surface area contributed by atoms with E-state index in [2.05, 4.69) is 6.58 Å². The zero-order chi connectivity index (χ0) is 22.2. The standard InChI is InChI=1S/C22H24O8/c1-11(6-7-27-14(4)23)20(25)29-17-10-22(5)18(24)9-15(30-22)12(2)8-16-19(17)13(3)21(26)28-16/h6,8-9,16-17,19H,3,7,10H2,1-2,4-5H3/b11-6+,12-8+/t16-,17+,19-,22+/m0/s1. The Morgan fingerprint density at radius 1 is 1.33 bits per heavy atom. The molecule has 0 aromatic heterocycles. The Labute approximate surface area is 174 Å². The summed E-state index contributed by atoms with van der Waals surface area (Å²) in [5, 5.41) is 0. The zero-order valence-electron chi connectivity index (χ0n) is 17.4. The quantitative estimate of drug-likeness (QED) is 0.390. The Kier molecular flexibility index (Phi) is 5.70. The molecule has 8 heteroatoms. The van der Waals surface area contributed by atoms with Gasteiger partial charge < -0.3 is 18.9 Å². The van der Waals surface area contributed by atoms with Crippen molar-refractivity contribution in [1.29, 1.82) is 0 Å². The fourth-order valence-electron chi connectivity index (χ4n) is 3.66. The number of rotatable bonds is 4. The van der Waals surface area contributed by atoms with E-state index in [0.29, 0.717) is 11.3 Å². The molecule has 0 radical (unpaired) electrons. The first-order chi connectivity index (χ1) is 14.0. The molecule has 0 N–H and O–H groups in total. The number of hydrogen-bond acceptors (Lipinski definition) is 8. The van der Waals surface area contributed by atoms with E-state index in [4.69, 9.17) is 18.9 Å². The number of hydrogen-bond donors (Lipinski definition) is 0. The molecular formula is C22H24O8. The van der Waals surface area contributed by atoms with Crippen molar-refractivity contribution in [2.75, 3.05) is 6.61 Å². The molecule has 3 aliphatic heterocycles. The molecule has 1 saturated heterocycles. The highest BCUT2D eigenvalue weighted by Gasteiger charge is 2.51. The van der Waals surface area contributed by atoms with Crippen molar-refractivity contribution in [3.05, 3.63) is 47.3 Å². The summed E-state index contributed by atoms with van der Waals surface area (Å²) in [6.07, 6.45) is 2.93. The molecule has 0 aromatic carbocycles. The highest BCUT2D eigenvalue weighted by molar-refractivity contribution is 6.00. The molecule has 4 atom stereocenters. The van der Waals surface area contributed by atoms with Crippen molar-refractivity contribution in [3.63, 3.8) is 0 Å². The van der Waals surface area contributed by atoms with Crippen LogP contribution in [0, 0.1) is 5.92 Å². The van der Waals surface area contributed by atoms with Crippen molar-refractivity contribution in [1.82, 2.24) is 0 Å². The van der Waals surface area contributed by atoms with Crippen molar-refractivity contribution >= 4 is 23.7 Å². The van der Waals surface area contributed by atoms with E-state index in [9.17, 15) is 19.2 Å². The Hall–Kier alpha value is -3.16. The maximum absolute atomic E-state index is 12.7. The molecule has 2 bridgehead atoms. The van der Waals surface area contributed by atoms with Gasteiger partial charge in [-0.05, 0) is 38.5 Å². The summed E-state index contributed by atoms with van der Waals surface area (Å²) < 4.78 is 21.8. The second-order valence-corrected chi connectivity index (χ2v) is 7.81. The van der Waals surface area contributed by atoms with E-state index in [1.54, 1.807) is 19.9 Å². The van der Waals surface area contributed by atoms with Crippen LogP contribution >= 0.6 is 0 Å². The smallest absolute Gasteiger partial charge is 0.334 e. The molecule has 0 spiro atoms. The van der Waals surface area contributed by atoms with Gasteiger partial charge in [-0.25, -0.2) is 9.59 Å². The number of ketones is 1. The fourth-order valence-corrected chi connectivity index (χ4v) is 3.66. The summed E-state index contributed by atoms with van der Waals surface area (Å²) in [5.74, 6) is -2.22. The Morgan fingerprint density at radius 2 is 2.03 bits per heavy atom. The average Bonchev–Trinajstić information content (AvgIpc) is 3.10. The molecule has 3 heterocycles. The van der Waals surface area contributed by atoms with Gasteiger partial charge in [0.05, 0.1) is 5.92 Å². The fraction of sp³-hybridized carbons (Fsp3) is 0.455. The molecule has 8 nitrogen and oxygen atoms in total. The Balaban J connectivity index is 1.91. The first-order valence-electron chi connectivity index (χ1n) is 9.56. The van der Waals surface area contributed by atoms with Crippen LogP contribution in [0.4, 0.5) is 0 Å². The zero-order valence-corrected chi connectivity index (χ0v) is 17.4. The van der Waals surface area contributed by atoms with Gasteiger partial charge >= 0.3 is 17.9 Å². The van der Waals surface area contributed by atoms with E-state index in [1.165, 1.54) is 26.0 Å². The van der Waals surface area contributed by atoms with Crippen molar-refractivity contribution in [2.45, 2.75) is 51.9 Å². The van der Waals surface area contributed by atoms with Crippen molar-refractivity contribution in [3.8, 4) is 0 Å². The lowest BCUT2D eigenvalue weighted by Crippen LogP contribution is -2.42. The molecule has 0 amide bonds. The highest BCUT2D eigenvalue weighted by Crippen LogP contribution is 2.42. The lowest BCUT2D eigenvalue weighted by Gasteiger charge is -2.31. The number of carbonyl (C=O) groups is 4. The number of allylic oxidation sites excluding steroid dienone is 1. The summed E-state index contributed by atoms with van der Waals surface area (Å²) in [7, 11) is 0. The molecule has 0 unspecified atom stereocenters. The number of esters is 3. The molecule has 30 heavy (non-hydrogen) atoms. The van der Waals surface area contributed by atoms with Gasteiger partial charge in [0.1, 0.15) is 24.6 Å². The van der Waals surface area contributed by atoms with Crippen molar-refractivity contribution in [2.24, 2.45) is 5.92 Å². The van der Waals surface area contributed by atoms with E-state index in [0.717, 1.165) is 0 Å². The van der Waals surface area contributed by atoms with Crippen LogP contribution < -0.4 is 0 Å². The first kappa shape index (κ1) is 21.5. The monoisotopic (exact) mass is 416 g/mol. The minimum atomic E-state index is -1.24. The number of fused-ring (bicyclic) bond motifs is 3. The molecule has 0 aliphatic carbocycles. The van der Waals surface area contributed by atoms with Crippen molar-refractivity contribution < 1.29 is 38.1 Å². The minimum absolute atomic E-state index is 0.0206. The van der Waals surface area contributed by atoms with E-state index in [1.807, 2.05) is 0 Å². The first-order valence-corrected chi connectivity index (χ1v) is 9.56. The minimum Gasteiger partial charge on any atom is -0.479 e.